The summed E-state index contributed by atoms with van der Waals surface area (Å²) in [4.78, 5) is 24.5. The van der Waals surface area contributed by atoms with E-state index in [0.29, 0.717) is 5.75 Å². The first-order valence-electron chi connectivity index (χ1n) is 8.39. The fraction of sp³-hybridized carbons (Fsp3) is 0.421. The van der Waals surface area contributed by atoms with E-state index < -0.39 is 17.4 Å². The van der Waals surface area contributed by atoms with E-state index in [1.54, 1.807) is 35.9 Å². The zero-order valence-corrected chi connectivity index (χ0v) is 15.7. The van der Waals surface area contributed by atoms with Crippen LogP contribution in [0.1, 0.15) is 36.7 Å². The number of nitrogens with zero attached hydrogens (tertiary/aromatic N) is 2. The third-order valence-corrected chi connectivity index (χ3v) is 4.53. The number of carbonyl (C=O) groups is 2. The smallest absolute Gasteiger partial charge is 0.332 e. The molecule has 0 spiro atoms. The van der Waals surface area contributed by atoms with E-state index in [9.17, 15) is 14.7 Å². The highest BCUT2D eigenvalue weighted by atomic mass is 16.5. The molecule has 7 heteroatoms. The molecule has 26 heavy (non-hydrogen) atoms. The lowest BCUT2D eigenvalue weighted by Gasteiger charge is -2.28. The Morgan fingerprint density at radius 1 is 1.31 bits per heavy atom. The first-order chi connectivity index (χ1) is 12.2. The Kier molecular flexibility index (Phi) is 5.69. The fourth-order valence-corrected chi connectivity index (χ4v) is 2.82. The molecule has 7 nitrogen and oxygen atoms in total. The average Bonchev–Trinajstić information content (AvgIpc) is 2.85. The van der Waals surface area contributed by atoms with Crippen LogP contribution >= 0.6 is 0 Å². The van der Waals surface area contributed by atoms with E-state index in [2.05, 4.69) is 10.4 Å². The third kappa shape index (κ3) is 4.04. The van der Waals surface area contributed by atoms with Gasteiger partial charge < -0.3 is 15.2 Å². The van der Waals surface area contributed by atoms with Gasteiger partial charge in [0.05, 0.1) is 11.6 Å². The standard InChI is InChI=1S/C19H25N3O4/c1-12(16-13(2)21-22(5)14(16)3)17(23)20-19(4,18(24)25)11-26-15-9-7-6-8-10-15/h6-10,12H,11H2,1-5H3,(H,20,23)(H,24,25). The van der Waals surface area contributed by atoms with Crippen LogP contribution in [0, 0.1) is 13.8 Å². The molecule has 0 bridgehead atoms. The molecule has 1 aromatic heterocycles. The number of para-hydroxylation sites is 1. The van der Waals surface area contributed by atoms with Gasteiger partial charge in [-0.15, -0.1) is 0 Å². The number of carbonyl (C=O) groups excluding carboxylic acids is 1. The summed E-state index contributed by atoms with van der Waals surface area (Å²) in [6.07, 6.45) is 0. The van der Waals surface area contributed by atoms with E-state index in [-0.39, 0.29) is 12.5 Å². The quantitative estimate of drug-likeness (QED) is 0.790. The molecular weight excluding hydrogens is 334 g/mol. The Morgan fingerprint density at radius 3 is 2.42 bits per heavy atom. The molecule has 0 saturated heterocycles. The number of rotatable bonds is 7. The van der Waals surface area contributed by atoms with Crippen molar-refractivity contribution in [3.05, 3.63) is 47.3 Å². The third-order valence-electron chi connectivity index (χ3n) is 4.53. The van der Waals surface area contributed by atoms with Gasteiger partial charge in [0, 0.05) is 18.3 Å². The molecule has 0 fully saturated rings. The predicted molar refractivity (Wildman–Crippen MR) is 97.2 cm³/mol. The number of aryl methyl sites for hydroxylation is 2. The minimum Gasteiger partial charge on any atom is -0.491 e. The number of ether oxygens (including phenoxy) is 1. The van der Waals surface area contributed by atoms with Crippen LogP contribution in [0.3, 0.4) is 0 Å². The van der Waals surface area contributed by atoms with Crippen molar-refractivity contribution in [1.29, 1.82) is 0 Å². The van der Waals surface area contributed by atoms with Crippen molar-refractivity contribution in [1.82, 2.24) is 15.1 Å². The van der Waals surface area contributed by atoms with Crippen LogP contribution in [0.25, 0.3) is 0 Å². The van der Waals surface area contributed by atoms with Crippen molar-refractivity contribution in [3.8, 4) is 5.75 Å². The second-order valence-corrected chi connectivity index (χ2v) is 6.66. The highest BCUT2D eigenvalue weighted by Crippen LogP contribution is 2.24. The van der Waals surface area contributed by atoms with Gasteiger partial charge in [-0.3, -0.25) is 9.48 Å². The highest BCUT2D eigenvalue weighted by molar-refractivity contribution is 5.90. The maximum Gasteiger partial charge on any atom is 0.332 e. The number of benzene rings is 1. The Balaban J connectivity index is 2.15. The molecule has 0 aliphatic carbocycles. The van der Waals surface area contributed by atoms with Gasteiger partial charge in [0.25, 0.3) is 0 Å². The van der Waals surface area contributed by atoms with Gasteiger partial charge in [0.2, 0.25) is 5.91 Å². The van der Waals surface area contributed by atoms with Gasteiger partial charge in [-0.05, 0) is 39.8 Å². The second-order valence-electron chi connectivity index (χ2n) is 6.66. The van der Waals surface area contributed by atoms with Crippen LogP contribution in [0.5, 0.6) is 5.75 Å². The van der Waals surface area contributed by atoms with Gasteiger partial charge in [-0.25, -0.2) is 4.79 Å². The number of nitrogens with one attached hydrogen (secondary N) is 1. The molecule has 140 valence electrons. The van der Waals surface area contributed by atoms with Crippen LogP contribution < -0.4 is 10.1 Å². The summed E-state index contributed by atoms with van der Waals surface area (Å²) < 4.78 is 7.27. The molecule has 2 N–H and O–H groups in total. The summed E-state index contributed by atoms with van der Waals surface area (Å²) in [5.74, 6) is -1.53. The number of hydrogen-bond acceptors (Lipinski definition) is 4. The maximum absolute atomic E-state index is 12.7. The Labute approximate surface area is 153 Å². The molecule has 0 saturated carbocycles. The van der Waals surface area contributed by atoms with Gasteiger partial charge in [0.15, 0.2) is 5.54 Å². The molecule has 2 atom stereocenters. The minimum atomic E-state index is -1.55. The van der Waals surface area contributed by atoms with Crippen LogP contribution in [0.2, 0.25) is 0 Å². The van der Waals surface area contributed by atoms with Crippen LogP contribution in [-0.4, -0.2) is 38.9 Å². The van der Waals surface area contributed by atoms with Crippen molar-refractivity contribution in [2.45, 2.75) is 39.2 Å². The van der Waals surface area contributed by atoms with Crippen molar-refractivity contribution in [2.75, 3.05) is 6.61 Å². The van der Waals surface area contributed by atoms with Gasteiger partial charge >= 0.3 is 5.97 Å². The molecular formula is C19H25N3O4. The summed E-state index contributed by atoms with van der Waals surface area (Å²) in [5, 5.41) is 16.6. The summed E-state index contributed by atoms with van der Waals surface area (Å²) >= 11 is 0. The minimum absolute atomic E-state index is 0.185. The lowest BCUT2D eigenvalue weighted by molar-refractivity contribution is -0.148. The van der Waals surface area contributed by atoms with Crippen LogP contribution in [0.4, 0.5) is 0 Å². The number of aromatic nitrogens is 2. The summed E-state index contributed by atoms with van der Waals surface area (Å²) in [7, 11) is 1.81. The maximum atomic E-state index is 12.7. The number of carboxylic acids is 1. The van der Waals surface area contributed by atoms with E-state index >= 15 is 0 Å². The number of aliphatic carboxylic acids is 1. The molecule has 1 heterocycles. The van der Waals surface area contributed by atoms with Crippen molar-refractivity contribution >= 4 is 11.9 Å². The molecule has 0 aliphatic heterocycles. The van der Waals surface area contributed by atoms with E-state index in [0.717, 1.165) is 17.0 Å². The zero-order valence-electron chi connectivity index (χ0n) is 15.7. The lowest BCUT2D eigenvalue weighted by atomic mass is 9.95. The summed E-state index contributed by atoms with van der Waals surface area (Å²) in [5.41, 5.74) is 0.889. The number of amides is 1. The SMILES string of the molecule is Cc1nn(C)c(C)c1C(C)C(=O)NC(C)(COc1ccccc1)C(=O)O. The molecule has 0 aliphatic rings. The number of hydrogen-bond donors (Lipinski definition) is 2. The molecule has 1 aromatic carbocycles. The van der Waals surface area contributed by atoms with E-state index in [1.807, 2.05) is 27.0 Å². The highest BCUT2D eigenvalue weighted by Gasteiger charge is 2.38. The van der Waals surface area contributed by atoms with Gasteiger partial charge in [-0.2, -0.15) is 5.10 Å². The van der Waals surface area contributed by atoms with E-state index in [1.165, 1.54) is 6.92 Å². The van der Waals surface area contributed by atoms with Crippen molar-refractivity contribution in [3.63, 3.8) is 0 Å². The first kappa shape index (κ1) is 19.5. The van der Waals surface area contributed by atoms with Gasteiger partial charge in [0.1, 0.15) is 12.4 Å². The van der Waals surface area contributed by atoms with Crippen molar-refractivity contribution in [2.24, 2.45) is 7.05 Å². The molecule has 1 amide bonds. The van der Waals surface area contributed by atoms with Crippen LogP contribution in [0.15, 0.2) is 30.3 Å². The average molecular weight is 359 g/mol. The Bertz CT molecular complexity index is 801. The summed E-state index contributed by atoms with van der Waals surface area (Å²) in [6.45, 7) is 6.71. The molecule has 2 unspecified atom stereocenters. The zero-order chi connectivity index (χ0) is 19.5. The molecule has 2 rings (SSSR count). The second kappa shape index (κ2) is 7.59. The lowest BCUT2D eigenvalue weighted by Crippen LogP contribution is -2.57. The van der Waals surface area contributed by atoms with Crippen LogP contribution in [-0.2, 0) is 16.6 Å². The topological polar surface area (TPSA) is 93.5 Å². The largest absolute Gasteiger partial charge is 0.491 e. The van der Waals surface area contributed by atoms with Gasteiger partial charge in [-0.1, -0.05) is 18.2 Å². The van der Waals surface area contributed by atoms with Crippen molar-refractivity contribution < 1.29 is 19.4 Å². The summed E-state index contributed by atoms with van der Waals surface area (Å²) in [6, 6.07) is 8.89. The normalized spacial score (nSPS) is 14.3. The Morgan fingerprint density at radius 2 is 1.92 bits per heavy atom. The Hall–Kier alpha value is -2.83. The predicted octanol–water partition coefficient (Wildman–Crippen LogP) is 2.18. The van der Waals surface area contributed by atoms with E-state index in [4.69, 9.17) is 4.74 Å². The fourth-order valence-electron chi connectivity index (χ4n) is 2.82. The number of carboxylic acid groups (broad SMARTS) is 1. The first-order valence-corrected chi connectivity index (χ1v) is 8.39. The molecule has 0 radical (unpaired) electrons. The monoisotopic (exact) mass is 359 g/mol. The molecule has 2 aromatic rings.